The second kappa shape index (κ2) is 7.68. The molecule has 1 saturated carbocycles. The van der Waals surface area contributed by atoms with Crippen molar-refractivity contribution < 1.29 is 18.4 Å². The molecule has 1 aliphatic carbocycles. The summed E-state index contributed by atoms with van der Waals surface area (Å²) in [6.07, 6.45) is 0.778. The number of hydrogen-bond donors (Lipinski definition) is 0. The number of benzene rings is 2. The van der Waals surface area contributed by atoms with Crippen LogP contribution in [0, 0.1) is 11.7 Å². The monoisotopic (exact) mass is 423 g/mol. The van der Waals surface area contributed by atoms with Gasteiger partial charge in [-0.25, -0.2) is 9.18 Å². The number of para-hydroxylation sites is 2. The molecule has 1 unspecified atom stereocenters. The molecule has 2 fully saturated rings. The molecule has 5 rings (SSSR count). The lowest BCUT2D eigenvalue weighted by Crippen LogP contribution is -2.52. The predicted molar refractivity (Wildman–Crippen MR) is 111 cm³/mol. The van der Waals surface area contributed by atoms with Gasteiger partial charge in [0.15, 0.2) is 5.58 Å². The Labute approximate surface area is 177 Å². The van der Waals surface area contributed by atoms with E-state index in [1.165, 1.54) is 16.7 Å². The van der Waals surface area contributed by atoms with E-state index in [-0.39, 0.29) is 36.0 Å². The van der Waals surface area contributed by atoms with Gasteiger partial charge in [-0.2, -0.15) is 0 Å². The summed E-state index contributed by atoms with van der Waals surface area (Å²) in [4.78, 5) is 41.1. The third-order valence-electron chi connectivity index (χ3n) is 6.22. The summed E-state index contributed by atoms with van der Waals surface area (Å²) >= 11 is 0. The molecule has 2 aromatic carbocycles. The van der Waals surface area contributed by atoms with E-state index in [4.69, 9.17) is 4.42 Å². The Morgan fingerprint density at radius 1 is 0.968 bits per heavy atom. The van der Waals surface area contributed by atoms with Crippen LogP contribution in [0.5, 0.6) is 0 Å². The molecule has 2 atom stereocenters. The van der Waals surface area contributed by atoms with Crippen molar-refractivity contribution in [2.45, 2.75) is 18.9 Å². The maximum atomic E-state index is 13.1. The summed E-state index contributed by atoms with van der Waals surface area (Å²) in [5.74, 6) is -0.824. The van der Waals surface area contributed by atoms with E-state index in [1.54, 1.807) is 46.2 Å². The predicted octanol–water partition coefficient (Wildman–Crippen LogP) is 2.21. The zero-order valence-corrected chi connectivity index (χ0v) is 16.9. The highest BCUT2D eigenvalue weighted by molar-refractivity contribution is 5.84. The average Bonchev–Trinajstić information content (AvgIpc) is 3.52. The zero-order chi connectivity index (χ0) is 21.5. The number of aromatic nitrogens is 1. The molecule has 160 valence electrons. The Kier molecular flexibility index (Phi) is 4.84. The Morgan fingerprint density at radius 3 is 2.39 bits per heavy atom. The molecule has 2 aliphatic rings. The van der Waals surface area contributed by atoms with Crippen molar-refractivity contribution in [3.05, 3.63) is 70.5 Å². The van der Waals surface area contributed by atoms with Gasteiger partial charge in [-0.05, 0) is 42.2 Å². The Morgan fingerprint density at radius 2 is 1.65 bits per heavy atom. The van der Waals surface area contributed by atoms with Crippen LogP contribution in [0.4, 0.5) is 4.39 Å². The lowest BCUT2D eigenvalue weighted by molar-refractivity contribution is -0.140. The fourth-order valence-electron chi connectivity index (χ4n) is 4.36. The van der Waals surface area contributed by atoms with Gasteiger partial charge in [0, 0.05) is 32.1 Å². The van der Waals surface area contributed by atoms with Crippen LogP contribution in [0.15, 0.2) is 57.7 Å². The van der Waals surface area contributed by atoms with Gasteiger partial charge in [0.05, 0.1) is 5.52 Å². The first-order chi connectivity index (χ1) is 15.0. The topological polar surface area (TPSA) is 75.8 Å². The number of oxazole rings is 1. The van der Waals surface area contributed by atoms with Crippen molar-refractivity contribution in [1.29, 1.82) is 0 Å². The Balaban J connectivity index is 1.17. The number of piperazine rings is 1. The first-order valence-electron chi connectivity index (χ1n) is 10.4. The van der Waals surface area contributed by atoms with Crippen LogP contribution in [0.25, 0.3) is 11.1 Å². The van der Waals surface area contributed by atoms with Crippen molar-refractivity contribution in [1.82, 2.24) is 14.4 Å². The Bertz CT molecular complexity index is 1190. The SMILES string of the molecule is O=C(Cn1c(=O)oc2ccccc21)N1CCN(C(=O)[C@@H]2CC2c2ccc(F)cc2)CC1. The number of amides is 2. The number of carbonyl (C=O) groups is 2. The number of fused-ring (bicyclic) bond motifs is 1. The molecule has 1 aromatic heterocycles. The minimum absolute atomic E-state index is 0.0661. The van der Waals surface area contributed by atoms with Gasteiger partial charge in [0.2, 0.25) is 11.8 Å². The smallest absolute Gasteiger partial charge is 0.408 e. The number of hydrogen-bond acceptors (Lipinski definition) is 4. The van der Waals surface area contributed by atoms with Crippen molar-refractivity contribution in [3.63, 3.8) is 0 Å². The van der Waals surface area contributed by atoms with E-state index < -0.39 is 5.76 Å². The molecular weight excluding hydrogens is 401 g/mol. The summed E-state index contributed by atoms with van der Waals surface area (Å²) < 4.78 is 19.6. The van der Waals surface area contributed by atoms with E-state index in [0.29, 0.717) is 37.3 Å². The molecule has 2 amide bonds. The molecule has 8 heteroatoms. The largest absolute Gasteiger partial charge is 0.420 e. The normalized spacial score (nSPS) is 20.8. The molecule has 0 N–H and O–H groups in total. The van der Waals surface area contributed by atoms with Gasteiger partial charge >= 0.3 is 5.76 Å². The van der Waals surface area contributed by atoms with Crippen LogP contribution in [0.2, 0.25) is 0 Å². The average molecular weight is 423 g/mol. The molecule has 0 spiro atoms. The molecule has 7 nitrogen and oxygen atoms in total. The van der Waals surface area contributed by atoms with Crippen LogP contribution in [0.3, 0.4) is 0 Å². The highest BCUT2D eigenvalue weighted by Gasteiger charge is 2.46. The minimum atomic E-state index is -0.552. The van der Waals surface area contributed by atoms with Crippen molar-refractivity contribution in [2.24, 2.45) is 5.92 Å². The van der Waals surface area contributed by atoms with Crippen molar-refractivity contribution in [2.75, 3.05) is 26.2 Å². The van der Waals surface area contributed by atoms with Gasteiger partial charge in [-0.3, -0.25) is 14.2 Å². The van der Waals surface area contributed by atoms with E-state index >= 15 is 0 Å². The molecule has 0 radical (unpaired) electrons. The van der Waals surface area contributed by atoms with E-state index in [1.807, 2.05) is 0 Å². The molecular formula is C23H22FN3O4. The third-order valence-corrected chi connectivity index (χ3v) is 6.22. The van der Waals surface area contributed by atoms with E-state index in [0.717, 1.165) is 12.0 Å². The van der Waals surface area contributed by atoms with Crippen LogP contribution in [-0.2, 0) is 16.1 Å². The summed E-state index contributed by atoms with van der Waals surface area (Å²) in [5, 5.41) is 0. The summed E-state index contributed by atoms with van der Waals surface area (Å²) in [6, 6.07) is 13.3. The van der Waals surface area contributed by atoms with E-state index in [2.05, 4.69) is 0 Å². The second-order valence-corrected chi connectivity index (χ2v) is 8.13. The number of rotatable bonds is 4. The minimum Gasteiger partial charge on any atom is -0.408 e. The first kappa shape index (κ1) is 19.5. The summed E-state index contributed by atoms with van der Waals surface area (Å²) in [7, 11) is 0. The molecule has 3 aromatic rings. The standard InChI is InChI=1S/C23H22FN3O4/c24-16-7-5-15(6-8-16)17-13-18(17)22(29)26-11-9-25(10-12-26)21(28)14-27-19-3-1-2-4-20(19)31-23(27)30/h1-8,17-18H,9-14H2/t17?,18-/m1/s1. The lowest BCUT2D eigenvalue weighted by atomic mass is 10.1. The van der Waals surface area contributed by atoms with Crippen LogP contribution in [0.1, 0.15) is 17.9 Å². The van der Waals surface area contributed by atoms with Crippen LogP contribution in [-0.4, -0.2) is 52.4 Å². The van der Waals surface area contributed by atoms with Crippen LogP contribution >= 0.6 is 0 Å². The summed E-state index contributed by atoms with van der Waals surface area (Å²) in [5.41, 5.74) is 2.04. The Hall–Kier alpha value is -3.42. The number of nitrogens with zero attached hydrogens (tertiary/aromatic N) is 3. The van der Waals surface area contributed by atoms with Crippen molar-refractivity contribution >= 4 is 22.9 Å². The molecule has 1 saturated heterocycles. The first-order valence-corrected chi connectivity index (χ1v) is 10.4. The maximum absolute atomic E-state index is 13.1. The highest BCUT2D eigenvalue weighted by atomic mass is 19.1. The van der Waals surface area contributed by atoms with Gasteiger partial charge in [0.1, 0.15) is 12.4 Å². The highest BCUT2D eigenvalue weighted by Crippen LogP contribution is 2.48. The fourth-order valence-corrected chi connectivity index (χ4v) is 4.36. The quantitative estimate of drug-likeness (QED) is 0.645. The molecule has 2 heterocycles. The van der Waals surface area contributed by atoms with E-state index in [9.17, 15) is 18.8 Å². The van der Waals surface area contributed by atoms with Gasteiger partial charge in [-0.15, -0.1) is 0 Å². The van der Waals surface area contributed by atoms with Gasteiger partial charge in [0.25, 0.3) is 0 Å². The molecule has 31 heavy (non-hydrogen) atoms. The maximum Gasteiger partial charge on any atom is 0.420 e. The van der Waals surface area contributed by atoms with Crippen molar-refractivity contribution in [3.8, 4) is 0 Å². The molecule has 1 aliphatic heterocycles. The molecule has 0 bridgehead atoms. The second-order valence-electron chi connectivity index (χ2n) is 8.13. The van der Waals surface area contributed by atoms with Gasteiger partial charge in [-0.1, -0.05) is 24.3 Å². The zero-order valence-electron chi connectivity index (χ0n) is 16.9. The summed E-state index contributed by atoms with van der Waals surface area (Å²) in [6.45, 7) is 1.72. The van der Waals surface area contributed by atoms with Gasteiger partial charge < -0.3 is 14.2 Å². The number of carbonyl (C=O) groups excluding carboxylic acids is 2. The fraction of sp³-hybridized carbons (Fsp3) is 0.348. The third kappa shape index (κ3) is 3.73. The van der Waals surface area contributed by atoms with Crippen LogP contribution < -0.4 is 5.76 Å². The number of halogens is 1. The lowest BCUT2D eigenvalue weighted by Gasteiger charge is -2.35.